The fraction of sp³-hybridized carbons (Fsp3) is 0.0556. The fourth-order valence-electron chi connectivity index (χ4n) is 2.61. The monoisotopic (exact) mass is 363 g/mol. The third-order valence-corrected chi connectivity index (χ3v) is 3.83. The van der Waals surface area contributed by atoms with Gasteiger partial charge in [0.25, 0.3) is 5.56 Å². The molecule has 27 heavy (non-hydrogen) atoms. The van der Waals surface area contributed by atoms with Crippen LogP contribution in [0.2, 0.25) is 0 Å². The maximum absolute atomic E-state index is 13.3. The molecule has 0 atom stereocenters. The SMILES string of the molecule is Nc1nc(Cn2cnc3cc(F)ccc3c2=O)nc(Nc2ccccc2)n1. The summed E-state index contributed by atoms with van der Waals surface area (Å²) in [5.41, 5.74) is 6.52. The van der Waals surface area contributed by atoms with Crippen LogP contribution in [0.4, 0.5) is 22.0 Å². The Morgan fingerprint density at radius 3 is 2.70 bits per heavy atom. The Labute approximate surface area is 152 Å². The van der Waals surface area contributed by atoms with E-state index in [0.29, 0.717) is 11.2 Å². The highest BCUT2D eigenvalue weighted by Crippen LogP contribution is 2.13. The highest BCUT2D eigenvalue weighted by molar-refractivity contribution is 5.77. The smallest absolute Gasteiger partial charge is 0.261 e. The minimum Gasteiger partial charge on any atom is -0.368 e. The van der Waals surface area contributed by atoms with Gasteiger partial charge in [-0.05, 0) is 24.3 Å². The van der Waals surface area contributed by atoms with Crippen LogP contribution in [0, 0.1) is 5.82 Å². The first-order chi connectivity index (χ1) is 13.1. The van der Waals surface area contributed by atoms with Gasteiger partial charge in [0.1, 0.15) is 5.82 Å². The first-order valence-corrected chi connectivity index (χ1v) is 8.06. The molecule has 0 aliphatic rings. The molecule has 4 rings (SSSR count). The lowest BCUT2D eigenvalue weighted by Crippen LogP contribution is -2.22. The number of nitrogens with one attached hydrogen (secondary N) is 1. The molecule has 0 radical (unpaired) electrons. The fourth-order valence-corrected chi connectivity index (χ4v) is 2.61. The van der Waals surface area contributed by atoms with Crippen molar-refractivity contribution in [3.05, 3.63) is 76.9 Å². The summed E-state index contributed by atoms with van der Waals surface area (Å²) in [6.45, 7) is 0.0509. The van der Waals surface area contributed by atoms with Crippen molar-refractivity contribution in [1.29, 1.82) is 0 Å². The minimum atomic E-state index is -0.450. The average Bonchev–Trinajstić information content (AvgIpc) is 2.64. The van der Waals surface area contributed by atoms with Crippen LogP contribution in [-0.4, -0.2) is 24.5 Å². The Bertz CT molecular complexity index is 1180. The van der Waals surface area contributed by atoms with Crippen LogP contribution in [0.1, 0.15) is 5.82 Å². The quantitative estimate of drug-likeness (QED) is 0.571. The largest absolute Gasteiger partial charge is 0.368 e. The standard InChI is InChI=1S/C18H14FN7O/c19-11-6-7-13-14(8-11)21-10-26(16(13)27)9-15-23-17(20)25-18(24-15)22-12-4-2-1-3-5-12/h1-8,10H,9H2,(H3,20,22,23,24,25). The summed E-state index contributed by atoms with van der Waals surface area (Å²) in [5.74, 6) is 0.148. The zero-order valence-corrected chi connectivity index (χ0v) is 14.0. The van der Waals surface area contributed by atoms with Gasteiger partial charge in [-0.3, -0.25) is 9.36 Å². The van der Waals surface area contributed by atoms with Gasteiger partial charge in [-0.25, -0.2) is 9.37 Å². The highest BCUT2D eigenvalue weighted by atomic mass is 19.1. The van der Waals surface area contributed by atoms with Crippen LogP contribution in [-0.2, 0) is 6.54 Å². The molecule has 0 aliphatic heterocycles. The maximum atomic E-state index is 13.3. The number of benzene rings is 2. The number of rotatable bonds is 4. The van der Waals surface area contributed by atoms with Crippen molar-refractivity contribution in [1.82, 2.24) is 24.5 Å². The summed E-state index contributed by atoms with van der Waals surface area (Å²) in [6, 6.07) is 13.2. The molecule has 134 valence electrons. The molecular weight excluding hydrogens is 349 g/mol. The van der Waals surface area contributed by atoms with Crippen molar-refractivity contribution < 1.29 is 4.39 Å². The van der Waals surface area contributed by atoms with E-state index in [2.05, 4.69) is 25.3 Å². The van der Waals surface area contributed by atoms with Crippen molar-refractivity contribution in [3.63, 3.8) is 0 Å². The van der Waals surface area contributed by atoms with Crippen LogP contribution in [0.3, 0.4) is 0 Å². The van der Waals surface area contributed by atoms with Gasteiger partial charge in [-0.2, -0.15) is 15.0 Å². The zero-order chi connectivity index (χ0) is 18.8. The van der Waals surface area contributed by atoms with E-state index in [1.807, 2.05) is 30.3 Å². The average molecular weight is 363 g/mol. The lowest BCUT2D eigenvalue weighted by Gasteiger charge is -2.09. The van der Waals surface area contributed by atoms with Crippen molar-refractivity contribution >= 4 is 28.5 Å². The predicted molar refractivity (Wildman–Crippen MR) is 99.0 cm³/mol. The number of nitrogens with two attached hydrogens (primary N) is 1. The Balaban J connectivity index is 1.66. The van der Waals surface area contributed by atoms with E-state index in [1.54, 1.807) is 0 Å². The van der Waals surface area contributed by atoms with Crippen LogP contribution in [0.25, 0.3) is 10.9 Å². The molecular formula is C18H14FN7O. The number of hydrogen-bond acceptors (Lipinski definition) is 7. The second-order valence-electron chi connectivity index (χ2n) is 5.76. The van der Waals surface area contributed by atoms with Crippen molar-refractivity contribution in [2.75, 3.05) is 11.1 Å². The number of fused-ring (bicyclic) bond motifs is 1. The Kier molecular flexibility index (Phi) is 4.17. The molecule has 0 spiro atoms. The lowest BCUT2D eigenvalue weighted by atomic mass is 10.2. The van der Waals surface area contributed by atoms with Crippen molar-refractivity contribution in [2.45, 2.75) is 6.54 Å². The summed E-state index contributed by atoms with van der Waals surface area (Å²) in [6.07, 6.45) is 1.33. The van der Waals surface area contributed by atoms with E-state index >= 15 is 0 Å². The number of nitrogen functional groups attached to an aromatic ring is 1. The third kappa shape index (κ3) is 3.56. The molecule has 0 aliphatic carbocycles. The summed E-state index contributed by atoms with van der Waals surface area (Å²) in [5, 5.41) is 3.34. The number of halogens is 1. The van der Waals surface area contributed by atoms with Gasteiger partial charge in [0.15, 0.2) is 5.82 Å². The Hall–Kier alpha value is -3.88. The lowest BCUT2D eigenvalue weighted by molar-refractivity contribution is 0.628. The molecule has 0 unspecified atom stereocenters. The predicted octanol–water partition coefficient (Wildman–Crippen LogP) is 2.09. The molecule has 0 saturated heterocycles. The first-order valence-electron chi connectivity index (χ1n) is 8.06. The maximum Gasteiger partial charge on any atom is 0.261 e. The first kappa shape index (κ1) is 16.6. The molecule has 2 heterocycles. The van der Waals surface area contributed by atoms with Crippen molar-refractivity contribution in [2.24, 2.45) is 0 Å². The van der Waals surface area contributed by atoms with E-state index in [0.717, 1.165) is 5.69 Å². The van der Waals surface area contributed by atoms with E-state index in [4.69, 9.17) is 5.73 Å². The highest BCUT2D eigenvalue weighted by Gasteiger charge is 2.10. The van der Waals surface area contributed by atoms with Crippen molar-refractivity contribution in [3.8, 4) is 0 Å². The normalized spacial score (nSPS) is 10.9. The second-order valence-corrected chi connectivity index (χ2v) is 5.76. The van der Waals surface area contributed by atoms with Gasteiger partial charge < -0.3 is 11.1 Å². The van der Waals surface area contributed by atoms with Crippen LogP contribution in [0.15, 0.2) is 59.7 Å². The summed E-state index contributed by atoms with van der Waals surface area (Å²) < 4.78 is 14.6. The van der Waals surface area contributed by atoms with Crippen LogP contribution < -0.4 is 16.6 Å². The van der Waals surface area contributed by atoms with Crippen LogP contribution >= 0.6 is 0 Å². The Morgan fingerprint density at radius 1 is 1.07 bits per heavy atom. The molecule has 2 aromatic carbocycles. The van der Waals surface area contributed by atoms with Gasteiger partial charge in [-0.1, -0.05) is 18.2 Å². The van der Waals surface area contributed by atoms with Gasteiger partial charge in [-0.15, -0.1) is 0 Å². The summed E-state index contributed by atoms with van der Waals surface area (Å²) in [4.78, 5) is 29.1. The molecule has 3 N–H and O–H groups in total. The molecule has 0 fully saturated rings. The molecule has 8 nitrogen and oxygen atoms in total. The van der Waals surface area contributed by atoms with E-state index < -0.39 is 5.82 Å². The topological polar surface area (TPSA) is 112 Å². The van der Waals surface area contributed by atoms with Gasteiger partial charge in [0.2, 0.25) is 11.9 Å². The molecule has 0 saturated carbocycles. The molecule has 0 bridgehead atoms. The molecule has 2 aromatic heterocycles. The van der Waals surface area contributed by atoms with Gasteiger partial charge >= 0.3 is 0 Å². The minimum absolute atomic E-state index is 0.0299. The number of anilines is 3. The number of aromatic nitrogens is 5. The molecule has 4 aromatic rings. The van der Waals surface area contributed by atoms with Gasteiger partial charge in [0, 0.05) is 11.8 Å². The second kappa shape index (κ2) is 6.79. The Morgan fingerprint density at radius 2 is 1.89 bits per heavy atom. The van der Waals surface area contributed by atoms with Gasteiger partial charge in [0.05, 0.1) is 23.8 Å². The zero-order valence-electron chi connectivity index (χ0n) is 14.0. The number of para-hydroxylation sites is 1. The number of hydrogen-bond donors (Lipinski definition) is 2. The van der Waals surface area contributed by atoms with E-state index in [-0.39, 0.29) is 29.5 Å². The molecule has 0 amide bonds. The third-order valence-electron chi connectivity index (χ3n) is 3.83. The summed E-state index contributed by atoms with van der Waals surface area (Å²) >= 11 is 0. The molecule has 9 heteroatoms. The summed E-state index contributed by atoms with van der Waals surface area (Å²) in [7, 11) is 0. The van der Waals surface area contributed by atoms with E-state index in [9.17, 15) is 9.18 Å². The number of nitrogens with zero attached hydrogens (tertiary/aromatic N) is 5. The van der Waals surface area contributed by atoms with E-state index in [1.165, 1.54) is 29.1 Å². The van der Waals surface area contributed by atoms with Crippen LogP contribution in [0.5, 0.6) is 0 Å².